The van der Waals surface area contributed by atoms with E-state index in [0.717, 1.165) is 12.8 Å². The van der Waals surface area contributed by atoms with Gasteiger partial charge in [-0.3, -0.25) is 4.90 Å². The number of nitrogens with zero attached hydrogens (tertiary/aromatic N) is 2. The predicted molar refractivity (Wildman–Crippen MR) is 127 cm³/mol. The van der Waals surface area contributed by atoms with Gasteiger partial charge in [0.1, 0.15) is 0 Å². The Hall–Kier alpha value is -2.06. The van der Waals surface area contributed by atoms with Crippen molar-refractivity contribution in [3.8, 4) is 0 Å². The number of benzene rings is 1. The van der Waals surface area contributed by atoms with Gasteiger partial charge in [0.05, 0.1) is 11.7 Å². The van der Waals surface area contributed by atoms with Crippen LogP contribution in [0.3, 0.4) is 0 Å². The monoisotopic (exact) mass is 390 g/mol. The second-order valence-corrected chi connectivity index (χ2v) is 8.83. The lowest BCUT2D eigenvalue weighted by Gasteiger charge is -2.39. The van der Waals surface area contributed by atoms with Crippen LogP contribution in [-0.2, 0) is 0 Å². The summed E-state index contributed by atoms with van der Waals surface area (Å²) in [5.74, 6) is 0.636. The fourth-order valence-electron chi connectivity index (χ4n) is 4.99. The van der Waals surface area contributed by atoms with E-state index in [4.69, 9.17) is 0 Å². The molecular formula is C27H38N2. The molecule has 2 aliphatic rings. The van der Waals surface area contributed by atoms with Gasteiger partial charge in [0.25, 0.3) is 0 Å². The van der Waals surface area contributed by atoms with Gasteiger partial charge in [0.2, 0.25) is 0 Å². The van der Waals surface area contributed by atoms with E-state index in [9.17, 15) is 0 Å². The van der Waals surface area contributed by atoms with Gasteiger partial charge in [0, 0.05) is 11.9 Å². The third-order valence-corrected chi connectivity index (χ3v) is 6.60. The van der Waals surface area contributed by atoms with Crippen molar-refractivity contribution >= 4 is 5.69 Å². The van der Waals surface area contributed by atoms with Crippen molar-refractivity contribution in [3.63, 3.8) is 0 Å². The summed E-state index contributed by atoms with van der Waals surface area (Å²) in [6, 6.07) is 6.84. The summed E-state index contributed by atoms with van der Waals surface area (Å²) in [7, 11) is 0. The first-order valence-corrected chi connectivity index (χ1v) is 11.2. The Morgan fingerprint density at radius 1 is 1.17 bits per heavy atom. The molecule has 3 rings (SSSR count). The zero-order valence-corrected chi connectivity index (χ0v) is 18.9. The average Bonchev–Trinajstić information content (AvgIpc) is 3.22. The van der Waals surface area contributed by atoms with Crippen molar-refractivity contribution in [3.05, 3.63) is 77.7 Å². The van der Waals surface area contributed by atoms with Crippen molar-refractivity contribution in [2.75, 3.05) is 18.0 Å². The Labute approximate surface area is 178 Å². The van der Waals surface area contributed by atoms with E-state index in [1.54, 1.807) is 5.57 Å². The van der Waals surface area contributed by atoms with E-state index in [2.05, 4.69) is 87.2 Å². The van der Waals surface area contributed by atoms with Crippen molar-refractivity contribution in [2.45, 2.75) is 65.8 Å². The number of aryl methyl sites for hydroxylation is 2. The standard InChI is InChI=1S/C27H38N2/c1-7-17-29(26-21(4)11-10-12-22(26)5)23(6)27(28-18-8-9-19-28)25-15-13-24(14-16-25)20(2)3/h7,10-12,15,17,24,27H,2,6,8-9,13-14,16,18-19H2,1,3-5H3/b17-7-. The van der Waals surface area contributed by atoms with Gasteiger partial charge < -0.3 is 4.90 Å². The number of para-hydroxylation sites is 1. The molecule has 0 spiro atoms. The second-order valence-electron chi connectivity index (χ2n) is 8.83. The first kappa shape index (κ1) is 21.6. The molecular weight excluding hydrogens is 352 g/mol. The quantitative estimate of drug-likeness (QED) is 0.466. The van der Waals surface area contributed by atoms with Gasteiger partial charge in [-0.25, -0.2) is 0 Å². The summed E-state index contributed by atoms with van der Waals surface area (Å²) in [5.41, 5.74) is 7.92. The van der Waals surface area contributed by atoms with Crippen molar-refractivity contribution in [1.29, 1.82) is 0 Å². The highest BCUT2D eigenvalue weighted by Crippen LogP contribution is 2.37. The van der Waals surface area contributed by atoms with Crippen LogP contribution in [0, 0.1) is 19.8 Å². The van der Waals surface area contributed by atoms with E-state index in [0.29, 0.717) is 12.0 Å². The van der Waals surface area contributed by atoms with Crippen LogP contribution in [0.2, 0.25) is 0 Å². The highest BCUT2D eigenvalue weighted by Gasteiger charge is 2.32. The Bertz CT molecular complexity index is 788. The molecule has 0 bridgehead atoms. The minimum absolute atomic E-state index is 0.291. The number of allylic oxidation sites excluding steroid dienone is 3. The molecule has 2 atom stereocenters. The topological polar surface area (TPSA) is 6.48 Å². The summed E-state index contributed by atoms with van der Waals surface area (Å²) in [6.45, 7) is 19.9. The molecule has 0 aromatic heterocycles. The Balaban J connectivity index is 1.98. The van der Waals surface area contributed by atoms with Gasteiger partial charge in [-0.15, -0.1) is 0 Å². The van der Waals surface area contributed by atoms with Crippen molar-refractivity contribution in [2.24, 2.45) is 5.92 Å². The molecule has 0 radical (unpaired) electrons. The summed E-state index contributed by atoms with van der Waals surface area (Å²) >= 11 is 0. The smallest absolute Gasteiger partial charge is 0.0713 e. The van der Waals surface area contributed by atoms with Gasteiger partial charge >= 0.3 is 0 Å². The van der Waals surface area contributed by atoms with Gasteiger partial charge in [-0.2, -0.15) is 0 Å². The Kier molecular flexibility index (Phi) is 7.18. The fraction of sp³-hybridized carbons (Fsp3) is 0.481. The number of likely N-dealkylation sites (tertiary alicyclic amines) is 1. The van der Waals surface area contributed by atoms with E-state index >= 15 is 0 Å². The normalized spacial score (nSPS) is 21.2. The Morgan fingerprint density at radius 3 is 2.34 bits per heavy atom. The molecule has 0 N–H and O–H groups in total. The third-order valence-electron chi connectivity index (χ3n) is 6.60. The summed E-state index contributed by atoms with van der Waals surface area (Å²) < 4.78 is 0. The van der Waals surface area contributed by atoms with Gasteiger partial charge in [0.15, 0.2) is 0 Å². The highest BCUT2D eigenvalue weighted by atomic mass is 15.2. The molecule has 1 aliphatic carbocycles. The second kappa shape index (κ2) is 9.63. The maximum absolute atomic E-state index is 4.68. The molecule has 2 nitrogen and oxygen atoms in total. The summed E-state index contributed by atoms with van der Waals surface area (Å²) in [6.07, 6.45) is 12.9. The van der Waals surface area contributed by atoms with Gasteiger partial charge in [-0.05, 0) is 89.9 Å². The minimum atomic E-state index is 0.291. The average molecular weight is 391 g/mol. The lowest BCUT2D eigenvalue weighted by Crippen LogP contribution is -2.41. The highest BCUT2D eigenvalue weighted by molar-refractivity contribution is 5.65. The van der Waals surface area contributed by atoms with Gasteiger partial charge in [-0.1, -0.05) is 54.7 Å². The van der Waals surface area contributed by atoms with Crippen LogP contribution < -0.4 is 4.90 Å². The first-order valence-electron chi connectivity index (χ1n) is 11.2. The van der Waals surface area contributed by atoms with Crippen LogP contribution in [-0.4, -0.2) is 24.0 Å². The van der Waals surface area contributed by atoms with E-state index < -0.39 is 0 Å². The first-order chi connectivity index (χ1) is 13.9. The van der Waals surface area contributed by atoms with E-state index in [-0.39, 0.29) is 0 Å². The molecule has 1 saturated heterocycles. The zero-order chi connectivity index (χ0) is 21.0. The predicted octanol–water partition coefficient (Wildman–Crippen LogP) is 6.92. The molecule has 0 saturated carbocycles. The van der Waals surface area contributed by atoms with Crippen LogP contribution >= 0.6 is 0 Å². The molecule has 156 valence electrons. The fourth-order valence-corrected chi connectivity index (χ4v) is 4.99. The molecule has 1 aromatic carbocycles. The molecule has 1 fully saturated rings. The molecule has 0 amide bonds. The van der Waals surface area contributed by atoms with Crippen LogP contribution in [0.15, 0.2) is 66.6 Å². The van der Waals surface area contributed by atoms with E-state index in [1.807, 2.05) is 0 Å². The molecule has 1 aliphatic heterocycles. The maximum Gasteiger partial charge on any atom is 0.0713 e. The number of hydrogen-bond acceptors (Lipinski definition) is 2. The maximum atomic E-state index is 4.68. The summed E-state index contributed by atoms with van der Waals surface area (Å²) in [5, 5.41) is 0. The minimum Gasteiger partial charge on any atom is -0.319 e. The number of hydrogen-bond donors (Lipinski definition) is 0. The van der Waals surface area contributed by atoms with Crippen LogP contribution in [0.1, 0.15) is 57.1 Å². The zero-order valence-electron chi connectivity index (χ0n) is 18.9. The van der Waals surface area contributed by atoms with Crippen molar-refractivity contribution in [1.82, 2.24) is 4.90 Å². The largest absolute Gasteiger partial charge is 0.319 e. The van der Waals surface area contributed by atoms with Crippen molar-refractivity contribution < 1.29 is 0 Å². The lowest BCUT2D eigenvalue weighted by atomic mass is 9.82. The van der Waals surface area contributed by atoms with Crippen LogP contribution in [0.4, 0.5) is 5.69 Å². The Morgan fingerprint density at radius 2 is 1.83 bits per heavy atom. The SMILES string of the molecule is C=C(C)C1CC=C(C(C(=C)N(/C=C\C)c2c(C)cccc2C)N2CCCC2)CC1. The molecule has 1 aromatic rings. The van der Waals surface area contributed by atoms with E-state index in [1.165, 1.54) is 60.4 Å². The molecule has 29 heavy (non-hydrogen) atoms. The molecule has 1 heterocycles. The third kappa shape index (κ3) is 4.75. The number of anilines is 1. The molecule has 2 heteroatoms. The summed E-state index contributed by atoms with van der Waals surface area (Å²) in [4.78, 5) is 5.00. The lowest BCUT2D eigenvalue weighted by molar-refractivity contribution is 0.290. The molecule has 2 unspecified atom stereocenters. The van der Waals surface area contributed by atoms with Crippen LogP contribution in [0.5, 0.6) is 0 Å². The number of rotatable bonds is 7. The van der Waals surface area contributed by atoms with Crippen LogP contribution in [0.25, 0.3) is 0 Å².